The molecule has 0 bridgehead atoms. The second-order valence-electron chi connectivity index (χ2n) is 4.30. The smallest absolute Gasteiger partial charge is 0.272 e. The monoisotopic (exact) mass is 258 g/mol. The van der Waals surface area contributed by atoms with Gasteiger partial charge < -0.3 is 15.4 Å². The fraction of sp³-hybridized carbons (Fsp3) is 0.143. The van der Waals surface area contributed by atoms with Crippen LogP contribution >= 0.6 is 0 Å². The quantitative estimate of drug-likeness (QED) is 0.584. The van der Waals surface area contributed by atoms with Gasteiger partial charge in [-0.3, -0.25) is 9.59 Å². The van der Waals surface area contributed by atoms with Crippen LogP contribution in [0.3, 0.4) is 0 Å². The van der Waals surface area contributed by atoms with Crippen molar-refractivity contribution in [2.24, 2.45) is 0 Å². The summed E-state index contributed by atoms with van der Waals surface area (Å²) in [4.78, 5) is 25.9. The number of ketones is 1. The molecule has 0 fully saturated rings. The number of hydrogen-bond acceptors (Lipinski definition) is 3. The number of carbonyl (C=O) groups is 2. The van der Waals surface area contributed by atoms with Crippen LogP contribution < -0.4 is 5.32 Å². The zero-order valence-corrected chi connectivity index (χ0v) is 10.7. The zero-order chi connectivity index (χ0) is 14.0. The lowest BCUT2D eigenvalue weighted by Crippen LogP contribution is -2.13. The van der Waals surface area contributed by atoms with Gasteiger partial charge in [-0.25, -0.2) is 0 Å². The van der Waals surface area contributed by atoms with E-state index in [-0.39, 0.29) is 17.4 Å². The predicted octanol–water partition coefficient (Wildman–Crippen LogP) is 2.48. The third-order valence-corrected chi connectivity index (χ3v) is 2.77. The Morgan fingerprint density at radius 2 is 1.84 bits per heavy atom. The minimum Gasteiger partial charge on any atom is -0.508 e. The molecule has 0 aliphatic heterocycles. The number of Topliss-reactive ketones (excluding diaryl/α,β-unsaturated/α-hetero) is 1. The Labute approximate surface area is 110 Å². The summed E-state index contributed by atoms with van der Waals surface area (Å²) in [6.07, 6.45) is 0. The molecule has 0 spiro atoms. The van der Waals surface area contributed by atoms with Gasteiger partial charge >= 0.3 is 0 Å². The number of hydrogen-bond donors (Lipinski definition) is 3. The molecular formula is C14H14N2O3. The van der Waals surface area contributed by atoms with Crippen molar-refractivity contribution in [1.82, 2.24) is 4.98 Å². The molecule has 0 saturated heterocycles. The van der Waals surface area contributed by atoms with E-state index in [0.29, 0.717) is 17.1 Å². The molecule has 0 atom stereocenters. The van der Waals surface area contributed by atoms with Crippen LogP contribution in [0.25, 0.3) is 0 Å². The van der Waals surface area contributed by atoms with Crippen LogP contribution in [0, 0.1) is 6.92 Å². The van der Waals surface area contributed by atoms with Crippen LogP contribution in [0.15, 0.2) is 30.3 Å². The molecule has 5 heteroatoms. The number of phenolic OH excluding ortho intramolecular Hbond substituents is 1. The van der Waals surface area contributed by atoms with Crippen LogP contribution in [0.5, 0.6) is 5.75 Å². The highest BCUT2D eigenvalue weighted by Crippen LogP contribution is 2.20. The first-order chi connectivity index (χ1) is 8.97. The number of aromatic hydroxyl groups is 1. The van der Waals surface area contributed by atoms with Crippen molar-refractivity contribution < 1.29 is 14.7 Å². The molecule has 3 N–H and O–H groups in total. The van der Waals surface area contributed by atoms with Gasteiger partial charge in [0.2, 0.25) is 0 Å². The van der Waals surface area contributed by atoms with Crippen molar-refractivity contribution in [3.63, 3.8) is 0 Å². The Kier molecular flexibility index (Phi) is 3.37. The topological polar surface area (TPSA) is 82.2 Å². The molecule has 1 aromatic heterocycles. The molecule has 5 nitrogen and oxygen atoms in total. The zero-order valence-electron chi connectivity index (χ0n) is 10.7. The van der Waals surface area contributed by atoms with Crippen molar-refractivity contribution in [1.29, 1.82) is 0 Å². The number of aromatic nitrogens is 1. The van der Waals surface area contributed by atoms with E-state index in [9.17, 15) is 14.7 Å². The van der Waals surface area contributed by atoms with E-state index in [4.69, 9.17) is 0 Å². The van der Waals surface area contributed by atoms with E-state index in [2.05, 4.69) is 10.3 Å². The number of aromatic amines is 1. The van der Waals surface area contributed by atoms with Gasteiger partial charge in [-0.1, -0.05) is 0 Å². The third kappa shape index (κ3) is 2.82. The molecule has 19 heavy (non-hydrogen) atoms. The van der Waals surface area contributed by atoms with E-state index >= 15 is 0 Å². The van der Waals surface area contributed by atoms with Crippen LogP contribution in [-0.2, 0) is 0 Å². The summed E-state index contributed by atoms with van der Waals surface area (Å²) in [6, 6.07) is 7.81. The molecule has 0 unspecified atom stereocenters. The van der Waals surface area contributed by atoms with E-state index in [0.717, 1.165) is 5.56 Å². The SMILES string of the molecule is CC(=O)c1ccc(C(=O)Nc2ccc(O)cc2C)[nH]1. The minimum absolute atomic E-state index is 0.125. The van der Waals surface area contributed by atoms with Gasteiger partial charge in [0.1, 0.15) is 11.4 Å². The minimum atomic E-state index is -0.332. The van der Waals surface area contributed by atoms with E-state index < -0.39 is 0 Å². The lowest BCUT2D eigenvalue weighted by Gasteiger charge is -2.07. The van der Waals surface area contributed by atoms with Crippen molar-refractivity contribution >= 4 is 17.4 Å². The second-order valence-corrected chi connectivity index (χ2v) is 4.30. The van der Waals surface area contributed by atoms with Crippen LogP contribution in [0.1, 0.15) is 33.5 Å². The summed E-state index contributed by atoms with van der Waals surface area (Å²) in [5.41, 5.74) is 2.08. The maximum Gasteiger partial charge on any atom is 0.272 e. The Bertz CT molecular complexity index is 644. The lowest BCUT2D eigenvalue weighted by atomic mass is 10.2. The fourth-order valence-corrected chi connectivity index (χ4v) is 1.71. The first-order valence-corrected chi connectivity index (χ1v) is 5.78. The van der Waals surface area contributed by atoms with Crippen LogP contribution in [-0.4, -0.2) is 21.8 Å². The van der Waals surface area contributed by atoms with Gasteiger partial charge in [0.25, 0.3) is 5.91 Å². The third-order valence-electron chi connectivity index (χ3n) is 2.77. The highest BCUT2D eigenvalue weighted by Gasteiger charge is 2.11. The normalized spacial score (nSPS) is 10.2. The Morgan fingerprint density at radius 1 is 1.16 bits per heavy atom. The fourth-order valence-electron chi connectivity index (χ4n) is 1.71. The standard InChI is InChI=1S/C14H14N2O3/c1-8-7-10(18)3-4-11(8)16-14(19)13-6-5-12(15-13)9(2)17/h3-7,15,18H,1-2H3,(H,16,19). The summed E-state index contributed by atoms with van der Waals surface area (Å²) in [6.45, 7) is 3.21. The molecular weight excluding hydrogens is 244 g/mol. The van der Waals surface area contributed by atoms with Gasteiger partial charge in [-0.15, -0.1) is 0 Å². The first kappa shape index (κ1) is 12.9. The molecule has 0 saturated carbocycles. The number of aryl methyl sites for hydroxylation is 1. The Balaban J connectivity index is 2.18. The van der Waals surface area contributed by atoms with E-state index in [1.165, 1.54) is 13.0 Å². The maximum absolute atomic E-state index is 12.0. The van der Waals surface area contributed by atoms with Crippen molar-refractivity contribution in [3.05, 3.63) is 47.3 Å². The number of carbonyl (C=O) groups excluding carboxylic acids is 2. The summed E-state index contributed by atoms with van der Waals surface area (Å²) >= 11 is 0. The summed E-state index contributed by atoms with van der Waals surface area (Å²) in [5, 5.41) is 12.0. The van der Waals surface area contributed by atoms with Gasteiger partial charge in [0.05, 0.1) is 5.69 Å². The number of rotatable bonds is 3. The first-order valence-electron chi connectivity index (χ1n) is 5.78. The predicted molar refractivity (Wildman–Crippen MR) is 71.6 cm³/mol. The average molecular weight is 258 g/mol. The van der Waals surface area contributed by atoms with Gasteiger partial charge in [-0.2, -0.15) is 0 Å². The second kappa shape index (κ2) is 4.97. The summed E-state index contributed by atoms with van der Waals surface area (Å²) < 4.78 is 0. The number of benzene rings is 1. The molecule has 98 valence electrons. The number of anilines is 1. The molecule has 1 amide bonds. The molecule has 1 heterocycles. The van der Waals surface area contributed by atoms with Crippen LogP contribution in [0.4, 0.5) is 5.69 Å². The molecule has 1 aromatic carbocycles. The summed E-state index contributed by atoms with van der Waals surface area (Å²) in [5.74, 6) is -0.310. The highest BCUT2D eigenvalue weighted by atomic mass is 16.3. The number of nitrogens with one attached hydrogen (secondary N) is 2. The van der Waals surface area contributed by atoms with E-state index in [1.807, 2.05) is 0 Å². The molecule has 0 aliphatic rings. The molecule has 0 radical (unpaired) electrons. The average Bonchev–Trinajstić information content (AvgIpc) is 2.82. The van der Waals surface area contributed by atoms with E-state index in [1.54, 1.807) is 31.2 Å². The van der Waals surface area contributed by atoms with Gasteiger partial charge in [0, 0.05) is 12.6 Å². The van der Waals surface area contributed by atoms with Crippen molar-refractivity contribution in [2.75, 3.05) is 5.32 Å². The number of amides is 1. The molecule has 2 rings (SSSR count). The largest absolute Gasteiger partial charge is 0.508 e. The maximum atomic E-state index is 12.0. The Hall–Kier alpha value is -2.56. The molecule has 2 aromatic rings. The lowest BCUT2D eigenvalue weighted by molar-refractivity contribution is 0.101. The summed E-state index contributed by atoms with van der Waals surface area (Å²) in [7, 11) is 0. The Morgan fingerprint density at radius 3 is 2.42 bits per heavy atom. The number of H-pyrrole nitrogens is 1. The van der Waals surface area contributed by atoms with Crippen LogP contribution in [0.2, 0.25) is 0 Å². The molecule has 0 aliphatic carbocycles. The van der Waals surface area contributed by atoms with Gasteiger partial charge in [-0.05, 0) is 42.8 Å². The number of phenols is 1. The van der Waals surface area contributed by atoms with Gasteiger partial charge in [0.15, 0.2) is 5.78 Å². The highest BCUT2D eigenvalue weighted by molar-refractivity contribution is 6.04. The van der Waals surface area contributed by atoms with Crippen molar-refractivity contribution in [2.45, 2.75) is 13.8 Å². The van der Waals surface area contributed by atoms with Crippen molar-refractivity contribution in [3.8, 4) is 5.75 Å².